The summed E-state index contributed by atoms with van der Waals surface area (Å²) in [4.78, 5) is 14.5. The molecule has 1 fully saturated rings. The molecule has 1 saturated heterocycles. The van der Waals surface area contributed by atoms with Crippen LogP contribution in [0.15, 0.2) is 24.3 Å². The van der Waals surface area contributed by atoms with Crippen LogP contribution in [-0.4, -0.2) is 43.9 Å². The molecule has 1 atom stereocenters. The van der Waals surface area contributed by atoms with Gasteiger partial charge in [0.15, 0.2) is 0 Å². The van der Waals surface area contributed by atoms with Gasteiger partial charge < -0.3 is 20.1 Å². The number of rotatable bonds is 6. The van der Waals surface area contributed by atoms with Crippen LogP contribution in [0, 0.1) is 5.92 Å². The lowest BCUT2D eigenvalue weighted by molar-refractivity contribution is -0.119. The molecule has 5 heteroatoms. The second-order valence-electron chi connectivity index (χ2n) is 5.91. The zero-order chi connectivity index (χ0) is 15.9. The van der Waals surface area contributed by atoms with Crippen molar-refractivity contribution in [3.05, 3.63) is 24.3 Å². The highest BCUT2D eigenvalue weighted by atomic mass is 16.5. The molecule has 0 saturated carbocycles. The van der Waals surface area contributed by atoms with Gasteiger partial charge in [0, 0.05) is 32.7 Å². The van der Waals surface area contributed by atoms with Gasteiger partial charge in [0.1, 0.15) is 0 Å². The molecule has 0 radical (unpaired) electrons. The van der Waals surface area contributed by atoms with E-state index in [2.05, 4.69) is 10.2 Å². The van der Waals surface area contributed by atoms with Crippen molar-refractivity contribution in [2.24, 2.45) is 5.92 Å². The van der Waals surface area contributed by atoms with E-state index in [1.807, 2.05) is 31.2 Å². The first-order chi connectivity index (χ1) is 10.6. The third kappa shape index (κ3) is 4.45. The number of aliphatic hydroxyl groups excluding tert-OH is 1. The molecule has 0 aliphatic carbocycles. The SMILES string of the molecule is COCCC(C)C(=O)Nc1ccccc1N1CCC(O)CC1. The summed E-state index contributed by atoms with van der Waals surface area (Å²) in [7, 11) is 1.64. The summed E-state index contributed by atoms with van der Waals surface area (Å²) in [5.41, 5.74) is 1.87. The Balaban J connectivity index is 2.03. The average Bonchev–Trinajstić information content (AvgIpc) is 2.54. The quantitative estimate of drug-likeness (QED) is 0.846. The lowest BCUT2D eigenvalue weighted by atomic mass is 10.1. The molecule has 122 valence electrons. The number of ether oxygens (including phenoxy) is 1. The van der Waals surface area contributed by atoms with Crippen LogP contribution in [0.5, 0.6) is 0 Å². The van der Waals surface area contributed by atoms with E-state index in [1.54, 1.807) is 7.11 Å². The average molecular weight is 306 g/mol. The zero-order valence-electron chi connectivity index (χ0n) is 13.4. The number of amides is 1. The first-order valence-corrected chi connectivity index (χ1v) is 7.93. The van der Waals surface area contributed by atoms with Crippen molar-refractivity contribution >= 4 is 17.3 Å². The van der Waals surface area contributed by atoms with E-state index in [1.165, 1.54) is 0 Å². The number of aliphatic hydroxyl groups is 1. The Morgan fingerprint density at radius 2 is 2.09 bits per heavy atom. The fourth-order valence-corrected chi connectivity index (χ4v) is 2.64. The van der Waals surface area contributed by atoms with Gasteiger partial charge in [-0.3, -0.25) is 4.79 Å². The second kappa shape index (κ2) is 8.15. The maximum absolute atomic E-state index is 12.3. The van der Waals surface area contributed by atoms with Crippen molar-refractivity contribution in [3.8, 4) is 0 Å². The minimum Gasteiger partial charge on any atom is -0.393 e. The highest BCUT2D eigenvalue weighted by Crippen LogP contribution is 2.28. The Bertz CT molecular complexity index is 485. The van der Waals surface area contributed by atoms with Crippen LogP contribution < -0.4 is 10.2 Å². The maximum Gasteiger partial charge on any atom is 0.227 e. The Kier molecular flexibility index (Phi) is 6.21. The Labute approximate surface area is 132 Å². The van der Waals surface area contributed by atoms with Gasteiger partial charge in [-0.25, -0.2) is 0 Å². The van der Waals surface area contributed by atoms with E-state index in [-0.39, 0.29) is 17.9 Å². The van der Waals surface area contributed by atoms with Gasteiger partial charge in [0.25, 0.3) is 0 Å². The van der Waals surface area contributed by atoms with Gasteiger partial charge in [-0.05, 0) is 31.4 Å². The van der Waals surface area contributed by atoms with Crippen LogP contribution in [0.2, 0.25) is 0 Å². The number of nitrogens with one attached hydrogen (secondary N) is 1. The summed E-state index contributed by atoms with van der Waals surface area (Å²) in [6, 6.07) is 7.86. The number of hydrogen-bond donors (Lipinski definition) is 2. The van der Waals surface area contributed by atoms with Crippen molar-refractivity contribution in [1.82, 2.24) is 0 Å². The van der Waals surface area contributed by atoms with Crippen LogP contribution in [0.1, 0.15) is 26.2 Å². The molecule has 22 heavy (non-hydrogen) atoms. The number of hydrogen-bond acceptors (Lipinski definition) is 4. The molecule has 1 unspecified atom stereocenters. The van der Waals surface area contributed by atoms with Crippen LogP contribution >= 0.6 is 0 Å². The molecular weight excluding hydrogens is 280 g/mol. The summed E-state index contributed by atoms with van der Waals surface area (Å²) in [5.74, 6) is -0.0715. The lowest BCUT2D eigenvalue weighted by Crippen LogP contribution is -2.36. The number of benzene rings is 1. The molecule has 1 aliphatic rings. The van der Waals surface area contributed by atoms with E-state index >= 15 is 0 Å². The second-order valence-corrected chi connectivity index (χ2v) is 5.91. The summed E-state index contributed by atoms with van der Waals surface area (Å²) >= 11 is 0. The van der Waals surface area contributed by atoms with Gasteiger partial charge in [-0.1, -0.05) is 19.1 Å². The molecule has 1 heterocycles. The minimum atomic E-state index is -0.202. The van der Waals surface area contributed by atoms with E-state index in [0.717, 1.165) is 37.3 Å². The van der Waals surface area contributed by atoms with Crippen LogP contribution in [0.25, 0.3) is 0 Å². The number of nitrogens with zero attached hydrogens (tertiary/aromatic N) is 1. The number of piperidine rings is 1. The molecule has 2 N–H and O–H groups in total. The monoisotopic (exact) mass is 306 g/mol. The van der Waals surface area contributed by atoms with Crippen molar-refractivity contribution in [2.45, 2.75) is 32.3 Å². The largest absolute Gasteiger partial charge is 0.393 e. The summed E-state index contributed by atoms with van der Waals surface area (Å²) in [6.07, 6.45) is 2.05. The first kappa shape index (κ1) is 16.8. The molecule has 1 aromatic rings. The predicted molar refractivity (Wildman–Crippen MR) is 88.2 cm³/mol. The fourth-order valence-electron chi connectivity index (χ4n) is 2.64. The molecule has 0 aromatic heterocycles. The van der Waals surface area contributed by atoms with E-state index in [9.17, 15) is 9.90 Å². The topological polar surface area (TPSA) is 61.8 Å². The van der Waals surface area contributed by atoms with Crippen LogP contribution in [-0.2, 0) is 9.53 Å². The Morgan fingerprint density at radius 1 is 1.41 bits per heavy atom. The predicted octanol–water partition coefficient (Wildman–Crippen LogP) is 2.26. The molecule has 1 amide bonds. The van der Waals surface area contributed by atoms with E-state index < -0.39 is 0 Å². The van der Waals surface area contributed by atoms with E-state index in [0.29, 0.717) is 13.0 Å². The van der Waals surface area contributed by atoms with Crippen molar-refractivity contribution in [3.63, 3.8) is 0 Å². The minimum absolute atomic E-state index is 0.0153. The third-order valence-electron chi connectivity index (χ3n) is 4.17. The van der Waals surface area contributed by atoms with Crippen LogP contribution in [0.3, 0.4) is 0 Å². The summed E-state index contributed by atoms with van der Waals surface area (Å²) in [6.45, 7) is 4.12. The van der Waals surface area contributed by atoms with Gasteiger partial charge in [-0.2, -0.15) is 0 Å². The van der Waals surface area contributed by atoms with Gasteiger partial charge in [0.2, 0.25) is 5.91 Å². The normalized spacial score (nSPS) is 17.3. The molecule has 2 rings (SSSR count). The van der Waals surface area contributed by atoms with Gasteiger partial charge in [-0.15, -0.1) is 0 Å². The van der Waals surface area contributed by atoms with E-state index in [4.69, 9.17) is 4.74 Å². The Hall–Kier alpha value is -1.59. The molecule has 1 aromatic carbocycles. The summed E-state index contributed by atoms with van der Waals surface area (Å²) in [5, 5.41) is 12.7. The van der Waals surface area contributed by atoms with Gasteiger partial charge >= 0.3 is 0 Å². The number of methoxy groups -OCH3 is 1. The smallest absolute Gasteiger partial charge is 0.227 e. The van der Waals surface area contributed by atoms with Crippen molar-refractivity contribution < 1.29 is 14.6 Å². The fraction of sp³-hybridized carbons (Fsp3) is 0.588. The number of carbonyl (C=O) groups excluding carboxylic acids is 1. The number of carbonyl (C=O) groups is 1. The van der Waals surface area contributed by atoms with Crippen molar-refractivity contribution in [1.29, 1.82) is 0 Å². The molecule has 0 bridgehead atoms. The Morgan fingerprint density at radius 3 is 2.77 bits per heavy atom. The third-order valence-corrected chi connectivity index (χ3v) is 4.17. The molecule has 1 aliphatic heterocycles. The first-order valence-electron chi connectivity index (χ1n) is 7.93. The number of anilines is 2. The molecular formula is C17H26N2O3. The number of para-hydroxylation sites is 2. The highest BCUT2D eigenvalue weighted by Gasteiger charge is 2.20. The van der Waals surface area contributed by atoms with Crippen LogP contribution in [0.4, 0.5) is 11.4 Å². The standard InChI is InChI=1S/C17H26N2O3/c1-13(9-12-22-2)17(21)18-15-5-3-4-6-16(15)19-10-7-14(20)8-11-19/h3-6,13-14,20H,7-12H2,1-2H3,(H,18,21). The maximum atomic E-state index is 12.3. The highest BCUT2D eigenvalue weighted by molar-refractivity contribution is 5.95. The molecule has 5 nitrogen and oxygen atoms in total. The van der Waals surface area contributed by atoms with Gasteiger partial charge in [0.05, 0.1) is 17.5 Å². The molecule has 0 spiro atoms. The zero-order valence-corrected chi connectivity index (χ0v) is 13.4. The lowest BCUT2D eigenvalue weighted by Gasteiger charge is -2.33. The summed E-state index contributed by atoms with van der Waals surface area (Å²) < 4.78 is 5.03. The van der Waals surface area contributed by atoms with Crippen molar-refractivity contribution in [2.75, 3.05) is 37.0 Å².